The number of Topliss-reactive ketones (excluding diaryl/α,β-unsaturated/α-hetero) is 1. The van der Waals surface area contributed by atoms with Crippen molar-refractivity contribution in [2.24, 2.45) is 17.8 Å². The summed E-state index contributed by atoms with van der Waals surface area (Å²) in [6.07, 6.45) is 11.1. The van der Waals surface area contributed by atoms with Gasteiger partial charge >= 0.3 is 0 Å². The molecular weight excluding hydrogens is 308 g/mol. The molecule has 0 spiro atoms. The molecule has 0 atom stereocenters. The lowest BCUT2D eigenvalue weighted by Crippen LogP contribution is -2.50. The van der Waals surface area contributed by atoms with Crippen molar-refractivity contribution in [3.05, 3.63) is 0 Å². The van der Waals surface area contributed by atoms with E-state index in [9.17, 15) is 4.79 Å². The van der Waals surface area contributed by atoms with Crippen LogP contribution in [-0.2, 0) is 4.79 Å². The van der Waals surface area contributed by atoms with Crippen LogP contribution in [0.15, 0.2) is 0 Å². The van der Waals surface area contributed by atoms with Crippen molar-refractivity contribution in [2.75, 3.05) is 26.2 Å². The van der Waals surface area contributed by atoms with Gasteiger partial charge in [-0.25, -0.2) is 0 Å². The van der Waals surface area contributed by atoms with Crippen molar-refractivity contribution < 1.29 is 4.79 Å². The Morgan fingerprint density at radius 2 is 1.28 bits per heavy atom. The summed E-state index contributed by atoms with van der Waals surface area (Å²) in [7, 11) is 0. The van der Waals surface area contributed by atoms with Crippen LogP contribution in [0.2, 0.25) is 0 Å². The summed E-state index contributed by atoms with van der Waals surface area (Å²) in [5.74, 6) is 2.69. The highest BCUT2D eigenvalue weighted by atomic mass is 16.1. The standard InChI is InChI=1S/C22H40N2O/c1-4-22(25)19-5-7-20(8-6-19)24-15-11-21(12-16-24)23-13-9-18(10-14-23)17(2)3/h17-21H,4-16H2,1-3H3/t19-,20-. The molecule has 0 N–H and O–H groups in total. The van der Waals surface area contributed by atoms with Crippen LogP contribution < -0.4 is 0 Å². The summed E-state index contributed by atoms with van der Waals surface area (Å²) in [4.78, 5) is 17.5. The van der Waals surface area contributed by atoms with Crippen molar-refractivity contribution >= 4 is 5.78 Å². The van der Waals surface area contributed by atoms with E-state index in [4.69, 9.17) is 0 Å². The zero-order valence-corrected chi connectivity index (χ0v) is 16.9. The molecule has 1 aliphatic carbocycles. The molecule has 3 nitrogen and oxygen atoms in total. The minimum absolute atomic E-state index is 0.376. The maximum absolute atomic E-state index is 11.9. The summed E-state index contributed by atoms with van der Waals surface area (Å²) in [6.45, 7) is 12.0. The molecule has 0 bridgehead atoms. The number of carbonyl (C=O) groups excluding carboxylic acids is 1. The lowest BCUT2D eigenvalue weighted by atomic mass is 9.81. The number of hydrogen-bond acceptors (Lipinski definition) is 3. The molecule has 3 fully saturated rings. The highest BCUT2D eigenvalue weighted by Crippen LogP contribution is 2.32. The molecule has 25 heavy (non-hydrogen) atoms. The summed E-state index contributed by atoms with van der Waals surface area (Å²) in [5, 5.41) is 0. The van der Waals surface area contributed by atoms with Crippen LogP contribution >= 0.6 is 0 Å². The lowest BCUT2D eigenvalue weighted by molar-refractivity contribution is -0.123. The first kappa shape index (κ1) is 19.4. The van der Waals surface area contributed by atoms with E-state index in [1.807, 2.05) is 6.92 Å². The van der Waals surface area contributed by atoms with Gasteiger partial charge in [-0.05, 0) is 89.4 Å². The molecule has 0 amide bonds. The van der Waals surface area contributed by atoms with Crippen LogP contribution in [0.1, 0.15) is 78.6 Å². The van der Waals surface area contributed by atoms with Crippen LogP contribution in [0.5, 0.6) is 0 Å². The monoisotopic (exact) mass is 348 g/mol. The van der Waals surface area contributed by atoms with Gasteiger partial charge in [0, 0.05) is 24.4 Å². The van der Waals surface area contributed by atoms with Crippen molar-refractivity contribution in [1.29, 1.82) is 0 Å². The average Bonchev–Trinajstić information content (AvgIpc) is 2.67. The minimum Gasteiger partial charge on any atom is -0.300 e. The third-order valence-corrected chi connectivity index (χ3v) is 7.55. The van der Waals surface area contributed by atoms with Crippen molar-refractivity contribution in [3.8, 4) is 0 Å². The predicted molar refractivity (Wildman–Crippen MR) is 105 cm³/mol. The van der Waals surface area contributed by atoms with E-state index in [0.717, 1.165) is 43.2 Å². The second-order valence-corrected chi connectivity index (χ2v) is 9.21. The highest BCUT2D eigenvalue weighted by Gasteiger charge is 2.33. The summed E-state index contributed by atoms with van der Waals surface area (Å²) in [5.41, 5.74) is 0. The highest BCUT2D eigenvalue weighted by molar-refractivity contribution is 5.80. The Balaban J connectivity index is 1.39. The molecule has 2 saturated heterocycles. The molecule has 0 aromatic rings. The van der Waals surface area contributed by atoms with Crippen LogP contribution in [0, 0.1) is 17.8 Å². The molecule has 1 saturated carbocycles. The van der Waals surface area contributed by atoms with E-state index in [2.05, 4.69) is 23.6 Å². The number of carbonyl (C=O) groups is 1. The maximum Gasteiger partial charge on any atom is 0.135 e. The van der Waals surface area contributed by atoms with Gasteiger partial charge in [0.15, 0.2) is 0 Å². The average molecular weight is 349 g/mol. The Labute approximate surface area is 155 Å². The van der Waals surface area contributed by atoms with Gasteiger partial charge in [0.25, 0.3) is 0 Å². The SMILES string of the molecule is CCC(=O)[C@H]1CC[C@H](N2CCC(N3CCC(C(C)C)CC3)CC2)CC1. The molecule has 0 aromatic heterocycles. The normalized spacial score (nSPS) is 31.5. The molecule has 0 radical (unpaired) electrons. The second-order valence-electron chi connectivity index (χ2n) is 9.21. The molecule has 144 valence electrons. The van der Waals surface area contributed by atoms with Crippen LogP contribution in [0.25, 0.3) is 0 Å². The molecule has 2 aliphatic heterocycles. The van der Waals surface area contributed by atoms with Gasteiger partial charge in [-0.2, -0.15) is 0 Å². The van der Waals surface area contributed by atoms with Crippen molar-refractivity contribution in [1.82, 2.24) is 9.80 Å². The number of hydrogen-bond donors (Lipinski definition) is 0. The molecule has 3 rings (SSSR count). The number of rotatable bonds is 5. The Bertz CT molecular complexity index is 412. The van der Waals surface area contributed by atoms with Crippen LogP contribution in [0.3, 0.4) is 0 Å². The predicted octanol–water partition coefficient (Wildman–Crippen LogP) is 4.36. The van der Waals surface area contributed by atoms with Gasteiger partial charge in [-0.15, -0.1) is 0 Å². The zero-order valence-electron chi connectivity index (χ0n) is 16.9. The van der Waals surface area contributed by atoms with Crippen LogP contribution in [-0.4, -0.2) is 53.8 Å². The number of piperidine rings is 2. The molecule has 2 heterocycles. The first-order valence-electron chi connectivity index (χ1n) is 11.1. The Morgan fingerprint density at radius 1 is 0.800 bits per heavy atom. The van der Waals surface area contributed by atoms with Gasteiger partial charge in [-0.3, -0.25) is 4.79 Å². The van der Waals surface area contributed by atoms with Gasteiger partial charge < -0.3 is 9.80 Å². The summed E-state index contributed by atoms with van der Waals surface area (Å²) in [6, 6.07) is 1.59. The first-order valence-corrected chi connectivity index (χ1v) is 11.1. The van der Waals surface area contributed by atoms with E-state index >= 15 is 0 Å². The maximum atomic E-state index is 11.9. The Morgan fingerprint density at radius 3 is 1.76 bits per heavy atom. The van der Waals surface area contributed by atoms with Crippen LogP contribution in [0.4, 0.5) is 0 Å². The minimum atomic E-state index is 0.376. The fourth-order valence-corrected chi connectivity index (χ4v) is 5.62. The van der Waals surface area contributed by atoms with Gasteiger partial charge in [0.2, 0.25) is 0 Å². The third kappa shape index (κ3) is 4.86. The van der Waals surface area contributed by atoms with E-state index < -0.39 is 0 Å². The van der Waals surface area contributed by atoms with E-state index in [0.29, 0.717) is 11.7 Å². The Kier molecular flexibility index (Phi) is 6.96. The van der Waals surface area contributed by atoms with Gasteiger partial charge in [0.1, 0.15) is 5.78 Å². The molecular formula is C22H40N2O. The van der Waals surface area contributed by atoms with E-state index in [1.165, 1.54) is 64.7 Å². The van der Waals surface area contributed by atoms with Gasteiger partial charge in [-0.1, -0.05) is 20.8 Å². The Hall–Kier alpha value is -0.410. The third-order valence-electron chi connectivity index (χ3n) is 7.55. The molecule has 0 unspecified atom stereocenters. The molecule has 0 aromatic carbocycles. The smallest absolute Gasteiger partial charge is 0.135 e. The van der Waals surface area contributed by atoms with Crippen molar-refractivity contribution in [3.63, 3.8) is 0 Å². The van der Waals surface area contributed by atoms with Gasteiger partial charge in [0.05, 0.1) is 0 Å². The molecule has 3 heteroatoms. The quantitative estimate of drug-likeness (QED) is 0.737. The fourth-order valence-electron chi connectivity index (χ4n) is 5.62. The van der Waals surface area contributed by atoms with E-state index in [1.54, 1.807) is 0 Å². The lowest BCUT2D eigenvalue weighted by Gasteiger charge is -2.45. The zero-order chi connectivity index (χ0) is 17.8. The summed E-state index contributed by atoms with van der Waals surface area (Å²) >= 11 is 0. The van der Waals surface area contributed by atoms with Crippen molar-refractivity contribution in [2.45, 2.75) is 90.6 Å². The number of likely N-dealkylation sites (tertiary alicyclic amines) is 2. The second kappa shape index (κ2) is 8.99. The fraction of sp³-hybridized carbons (Fsp3) is 0.955. The number of ketones is 1. The number of nitrogens with zero attached hydrogens (tertiary/aromatic N) is 2. The largest absolute Gasteiger partial charge is 0.300 e. The first-order chi connectivity index (χ1) is 12.1. The molecule has 3 aliphatic rings. The van der Waals surface area contributed by atoms with E-state index in [-0.39, 0.29) is 0 Å². The topological polar surface area (TPSA) is 23.6 Å². The summed E-state index contributed by atoms with van der Waals surface area (Å²) < 4.78 is 0.